The van der Waals surface area contributed by atoms with Crippen LogP contribution in [0.1, 0.15) is 49.4 Å². The highest BCUT2D eigenvalue weighted by Gasteiger charge is 2.49. The standard InChI is InChI=1S/C16H25N3/c1-10-15(8-17-2)9-19(18-10)16-13-4-11-3-12(6-13)7-14(16)5-11/h9,11-14,16-17H,3-8H2,1-2H3. The lowest BCUT2D eigenvalue weighted by molar-refractivity contribution is -0.0337. The van der Waals surface area contributed by atoms with Gasteiger partial charge in [-0.25, -0.2) is 0 Å². The second kappa shape index (κ2) is 4.34. The summed E-state index contributed by atoms with van der Waals surface area (Å²) in [6.07, 6.45) is 9.73. The molecule has 1 aromatic rings. The monoisotopic (exact) mass is 259 g/mol. The topological polar surface area (TPSA) is 29.9 Å². The first kappa shape index (κ1) is 12.0. The number of nitrogens with zero attached hydrogens (tertiary/aromatic N) is 2. The number of aryl methyl sites for hydroxylation is 1. The minimum Gasteiger partial charge on any atom is -0.316 e. The highest BCUT2D eigenvalue weighted by atomic mass is 15.3. The van der Waals surface area contributed by atoms with Crippen molar-refractivity contribution in [2.45, 2.75) is 51.6 Å². The summed E-state index contributed by atoms with van der Waals surface area (Å²) in [6, 6.07) is 0.706. The fraction of sp³-hybridized carbons (Fsp3) is 0.812. The number of hydrogen-bond acceptors (Lipinski definition) is 2. The summed E-state index contributed by atoms with van der Waals surface area (Å²) >= 11 is 0. The van der Waals surface area contributed by atoms with Crippen LogP contribution in [0.3, 0.4) is 0 Å². The van der Waals surface area contributed by atoms with Gasteiger partial charge >= 0.3 is 0 Å². The minimum absolute atomic E-state index is 0.706. The van der Waals surface area contributed by atoms with E-state index in [1.807, 2.05) is 7.05 Å². The summed E-state index contributed by atoms with van der Waals surface area (Å²) < 4.78 is 2.34. The molecule has 4 aliphatic carbocycles. The van der Waals surface area contributed by atoms with Crippen LogP contribution in [-0.4, -0.2) is 16.8 Å². The Balaban J connectivity index is 1.63. The molecule has 0 aromatic carbocycles. The van der Waals surface area contributed by atoms with Crippen LogP contribution in [0.5, 0.6) is 0 Å². The SMILES string of the molecule is CNCc1cn(C2C3CC4CC(C3)CC2C4)nc1C. The Morgan fingerprint density at radius 1 is 1.16 bits per heavy atom. The molecule has 0 radical (unpaired) electrons. The van der Waals surface area contributed by atoms with Gasteiger partial charge in [0.05, 0.1) is 11.7 Å². The third-order valence-electron chi connectivity index (χ3n) is 5.87. The van der Waals surface area contributed by atoms with Crippen LogP contribution in [0.25, 0.3) is 0 Å². The quantitative estimate of drug-likeness (QED) is 0.904. The van der Waals surface area contributed by atoms with Crippen molar-refractivity contribution < 1.29 is 0 Å². The van der Waals surface area contributed by atoms with Gasteiger partial charge in [-0.3, -0.25) is 4.68 Å². The fourth-order valence-electron chi connectivity index (χ4n) is 5.36. The van der Waals surface area contributed by atoms with E-state index in [1.165, 1.54) is 43.4 Å². The molecule has 3 heteroatoms. The van der Waals surface area contributed by atoms with Gasteiger partial charge in [-0.1, -0.05) is 0 Å². The summed E-state index contributed by atoms with van der Waals surface area (Å²) in [4.78, 5) is 0. The molecular formula is C16H25N3. The van der Waals surface area contributed by atoms with E-state index < -0.39 is 0 Å². The van der Waals surface area contributed by atoms with Gasteiger partial charge in [0.1, 0.15) is 0 Å². The molecule has 0 saturated heterocycles. The van der Waals surface area contributed by atoms with Gasteiger partial charge < -0.3 is 5.32 Å². The molecule has 4 fully saturated rings. The van der Waals surface area contributed by atoms with Crippen molar-refractivity contribution in [3.63, 3.8) is 0 Å². The van der Waals surface area contributed by atoms with Crippen molar-refractivity contribution in [2.75, 3.05) is 7.05 Å². The predicted octanol–water partition coefficient (Wildman–Crippen LogP) is 2.91. The molecule has 104 valence electrons. The van der Waals surface area contributed by atoms with Gasteiger partial charge in [-0.15, -0.1) is 0 Å². The zero-order valence-corrected chi connectivity index (χ0v) is 12.1. The third kappa shape index (κ3) is 1.85. The van der Waals surface area contributed by atoms with Gasteiger partial charge in [-0.05, 0) is 69.7 Å². The average molecular weight is 259 g/mol. The second-order valence-corrected chi connectivity index (χ2v) is 7.17. The van der Waals surface area contributed by atoms with Gasteiger partial charge in [0.25, 0.3) is 0 Å². The van der Waals surface area contributed by atoms with Crippen molar-refractivity contribution in [3.8, 4) is 0 Å². The Kier molecular flexibility index (Phi) is 2.73. The van der Waals surface area contributed by atoms with Crippen LogP contribution in [0.2, 0.25) is 0 Å². The molecule has 4 aliphatic rings. The number of aromatic nitrogens is 2. The van der Waals surface area contributed by atoms with E-state index in [0.717, 1.165) is 30.2 Å². The van der Waals surface area contributed by atoms with Gasteiger partial charge in [0.2, 0.25) is 0 Å². The number of hydrogen-bond donors (Lipinski definition) is 1. The number of rotatable bonds is 3. The number of nitrogens with one attached hydrogen (secondary N) is 1. The maximum atomic E-state index is 4.85. The van der Waals surface area contributed by atoms with Crippen LogP contribution < -0.4 is 5.32 Å². The van der Waals surface area contributed by atoms with E-state index in [-0.39, 0.29) is 0 Å². The van der Waals surface area contributed by atoms with Crippen LogP contribution >= 0.6 is 0 Å². The van der Waals surface area contributed by atoms with E-state index in [1.54, 1.807) is 0 Å². The van der Waals surface area contributed by atoms with Gasteiger partial charge in [0, 0.05) is 18.3 Å². The van der Waals surface area contributed by atoms with E-state index >= 15 is 0 Å². The molecule has 3 nitrogen and oxygen atoms in total. The van der Waals surface area contributed by atoms with E-state index in [9.17, 15) is 0 Å². The smallest absolute Gasteiger partial charge is 0.0638 e. The molecule has 4 bridgehead atoms. The molecule has 0 amide bonds. The third-order valence-corrected chi connectivity index (χ3v) is 5.87. The van der Waals surface area contributed by atoms with Crippen molar-refractivity contribution >= 4 is 0 Å². The normalized spacial score (nSPS) is 40.0. The second-order valence-electron chi connectivity index (χ2n) is 7.17. The first-order valence-electron chi connectivity index (χ1n) is 7.93. The van der Waals surface area contributed by atoms with Crippen LogP contribution in [-0.2, 0) is 6.54 Å². The Labute approximate surface area is 115 Å². The molecule has 0 atom stereocenters. The maximum absolute atomic E-state index is 4.85. The van der Waals surface area contributed by atoms with Crippen LogP contribution in [0.4, 0.5) is 0 Å². The first-order valence-corrected chi connectivity index (χ1v) is 7.93. The molecule has 1 N–H and O–H groups in total. The molecule has 1 aromatic heterocycles. The molecule has 19 heavy (non-hydrogen) atoms. The first-order chi connectivity index (χ1) is 9.24. The zero-order chi connectivity index (χ0) is 13.0. The zero-order valence-electron chi connectivity index (χ0n) is 12.1. The largest absolute Gasteiger partial charge is 0.316 e. The van der Waals surface area contributed by atoms with Gasteiger partial charge in [0.15, 0.2) is 0 Å². The van der Waals surface area contributed by atoms with Crippen molar-refractivity contribution in [2.24, 2.45) is 23.7 Å². The highest BCUT2D eigenvalue weighted by molar-refractivity contribution is 5.16. The van der Waals surface area contributed by atoms with Crippen molar-refractivity contribution in [1.29, 1.82) is 0 Å². The Morgan fingerprint density at radius 3 is 2.37 bits per heavy atom. The molecular weight excluding hydrogens is 234 g/mol. The van der Waals surface area contributed by atoms with Crippen molar-refractivity contribution in [1.82, 2.24) is 15.1 Å². The molecule has 4 saturated carbocycles. The summed E-state index contributed by atoms with van der Waals surface area (Å²) in [5.74, 6) is 3.93. The lowest BCUT2D eigenvalue weighted by Gasteiger charge is -2.54. The lowest BCUT2D eigenvalue weighted by Crippen LogP contribution is -2.46. The van der Waals surface area contributed by atoms with Crippen LogP contribution in [0, 0.1) is 30.6 Å². The van der Waals surface area contributed by atoms with E-state index in [4.69, 9.17) is 5.10 Å². The predicted molar refractivity (Wildman–Crippen MR) is 75.8 cm³/mol. The highest BCUT2D eigenvalue weighted by Crippen LogP contribution is 2.58. The lowest BCUT2D eigenvalue weighted by atomic mass is 9.54. The Bertz CT molecular complexity index is 448. The van der Waals surface area contributed by atoms with E-state index in [2.05, 4.69) is 23.1 Å². The fourth-order valence-corrected chi connectivity index (χ4v) is 5.36. The molecule has 1 heterocycles. The maximum Gasteiger partial charge on any atom is 0.0638 e. The van der Waals surface area contributed by atoms with Crippen molar-refractivity contribution in [3.05, 3.63) is 17.5 Å². The summed E-state index contributed by atoms with van der Waals surface area (Å²) in [7, 11) is 2.01. The van der Waals surface area contributed by atoms with E-state index in [0.29, 0.717) is 6.04 Å². The average Bonchev–Trinajstić information content (AvgIpc) is 2.70. The molecule has 0 spiro atoms. The summed E-state index contributed by atoms with van der Waals surface area (Å²) in [5, 5.41) is 8.10. The Hall–Kier alpha value is -0.830. The Morgan fingerprint density at radius 2 is 1.79 bits per heavy atom. The van der Waals surface area contributed by atoms with Crippen LogP contribution in [0.15, 0.2) is 6.20 Å². The molecule has 5 rings (SSSR count). The summed E-state index contributed by atoms with van der Waals surface area (Å²) in [5.41, 5.74) is 2.58. The minimum atomic E-state index is 0.706. The molecule has 0 aliphatic heterocycles. The summed E-state index contributed by atoms with van der Waals surface area (Å²) in [6.45, 7) is 3.10. The van der Waals surface area contributed by atoms with Gasteiger partial charge in [-0.2, -0.15) is 5.10 Å². The molecule has 0 unspecified atom stereocenters.